The summed E-state index contributed by atoms with van der Waals surface area (Å²) in [4.78, 5) is 26.0. The van der Waals surface area contributed by atoms with Crippen LogP contribution in [0.3, 0.4) is 0 Å². The molecule has 1 fully saturated rings. The molecule has 0 radical (unpaired) electrons. The number of anilines is 1. The Morgan fingerprint density at radius 3 is 2.68 bits per heavy atom. The molecule has 3 amide bonds. The second kappa shape index (κ2) is 7.76. The summed E-state index contributed by atoms with van der Waals surface area (Å²) in [6.45, 7) is 1.02. The fraction of sp³-hybridized carbons (Fsp3) is 0.222. The SMILES string of the molecule is O=C(Nc1cc(Cl)ccc1Cl)NC1CC(=O)N(Cc2ccccc2)C1. The second-order valence-electron chi connectivity index (χ2n) is 5.88. The Morgan fingerprint density at radius 2 is 1.92 bits per heavy atom. The number of carbonyl (C=O) groups is 2. The van der Waals surface area contributed by atoms with E-state index in [0.29, 0.717) is 28.8 Å². The van der Waals surface area contributed by atoms with Gasteiger partial charge < -0.3 is 15.5 Å². The Kier molecular flexibility index (Phi) is 5.46. The number of benzene rings is 2. The molecule has 1 atom stereocenters. The van der Waals surface area contributed by atoms with Crippen LogP contribution in [-0.4, -0.2) is 29.4 Å². The molecule has 1 saturated heterocycles. The lowest BCUT2D eigenvalue weighted by Crippen LogP contribution is -2.39. The maximum atomic E-state index is 12.1. The van der Waals surface area contributed by atoms with Crippen LogP contribution < -0.4 is 10.6 Å². The molecule has 1 aliphatic rings. The van der Waals surface area contributed by atoms with E-state index in [4.69, 9.17) is 23.2 Å². The summed E-state index contributed by atoms with van der Waals surface area (Å²) >= 11 is 11.9. The third-order valence-electron chi connectivity index (χ3n) is 3.94. The third kappa shape index (κ3) is 4.65. The summed E-state index contributed by atoms with van der Waals surface area (Å²) in [5, 5.41) is 6.34. The van der Waals surface area contributed by atoms with Gasteiger partial charge >= 0.3 is 6.03 Å². The van der Waals surface area contributed by atoms with Crippen LogP contribution in [0.2, 0.25) is 10.0 Å². The van der Waals surface area contributed by atoms with Gasteiger partial charge in [0.25, 0.3) is 0 Å². The smallest absolute Gasteiger partial charge is 0.319 e. The minimum Gasteiger partial charge on any atom is -0.336 e. The van der Waals surface area contributed by atoms with Crippen molar-refractivity contribution in [3.8, 4) is 0 Å². The summed E-state index contributed by atoms with van der Waals surface area (Å²) in [7, 11) is 0. The van der Waals surface area contributed by atoms with E-state index in [1.165, 1.54) is 0 Å². The highest BCUT2D eigenvalue weighted by atomic mass is 35.5. The van der Waals surface area contributed by atoms with Crippen molar-refractivity contribution in [3.63, 3.8) is 0 Å². The monoisotopic (exact) mass is 377 g/mol. The van der Waals surface area contributed by atoms with E-state index in [0.717, 1.165) is 5.56 Å². The average Bonchev–Trinajstić information content (AvgIpc) is 2.91. The molecular formula is C18H17Cl2N3O2. The largest absolute Gasteiger partial charge is 0.336 e. The Balaban J connectivity index is 1.56. The highest BCUT2D eigenvalue weighted by molar-refractivity contribution is 6.35. The molecule has 7 heteroatoms. The maximum absolute atomic E-state index is 12.1. The molecule has 1 unspecified atom stereocenters. The summed E-state index contributed by atoms with van der Waals surface area (Å²) in [5.74, 6) is 0.0231. The number of likely N-dealkylation sites (tertiary alicyclic amines) is 1. The van der Waals surface area contributed by atoms with Gasteiger partial charge in [0, 0.05) is 24.5 Å². The summed E-state index contributed by atoms with van der Waals surface area (Å²) < 4.78 is 0. The van der Waals surface area contributed by atoms with E-state index in [9.17, 15) is 9.59 Å². The van der Waals surface area contributed by atoms with E-state index in [2.05, 4.69) is 10.6 Å². The molecule has 1 aliphatic heterocycles. The normalized spacial score (nSPS) is 16.8. The van der Waals surface area contributed by atoms with Crippen LogP contribution in [0.1, 0.15) is 12.0 Å². The molecule has 2 aromatic rings. The Hall–Kier alpha value is -2.24. The van der Waals surface area contributed by atoms with E-state index < -0.39 is 6.03 Å². The van der Waals surface area contributed by atoms with Gasteiger partial charge in [0.2, 0.25) is 5.91 Å². The molecule has 130 valence electrons. The van der Waals surface area contributed by atoms with Crippen LogP contribution in [0.25, 0.3) is 0 Å². The van der Waals surface area contributed by atoms with E-state index in [-0.39, 0.29) is 18.4 Å². The van der Waals surface area contributed by atoms with Crippen molar-refractivity contribution < 1.29 is 9.59 Å². The lowest BCUT2D eigenvalue weighted by molar-refractivity contribution is -0.128. The number of halogens is 2. The van der Waals surface area contributed by atoms with Gasteiger partial charge in [-0.1, -0.05) is 53.5 Å². The molecule has 0 aromatic heterocycles. The van der Waals surface area contributed by atoms with Gasteiger partial charge in [-0.05, 0) is 23.8 Å². The second-order valence-corrected chi connectivity index (χ2v) is 6.73. The number of rotatable bonds is 4. The van der Waals surface area contributed by atoms with Crippen molar-refractivity contribution in [2.45, 2.75) is 19.0 Å². The van der Waals surface area contributed by atoms with E-state index >= 15 is 0 Å². The Bertz CT molecular complexity index is 783. The standard InChI is InChI=1S/C18H17Cl2N3O2/c19-13-6-7-15(20)16(8-13)22-18(25)21-14-9-17(24)23(11-14)10-12-4-2-1-3-5-12/h1-8,14H,9-11H2,(H2,21,22,25). The fourth-order valence-electron chi connectivity index (χ4n) is 2.76. The van der Waals surface area contributed by atoms with E-state index in [1.54, 1.807) is 23.1 Å². The molecule has 1 heterocycles. The van der Waals surface area contributed by atoms with Gasteiger partial charge in [-0.25, -0.2) is 4.79 Å². The number of nitrogens with zero attached hydrogens (tertiary/aromatic N) is 1. The summed E-state index contributed by atoms with van der Waals surface area (Å²) in [6.07, 6.45) is 0.281. The fourth-order valence-corrected chi connectivity index (χ4v) is 3.10. The summed E-state index contributed by atoms with van der Waals surface area (Å²) in [6, 6.07) is 13.9. The number of urea groups is 1. The number of hydrogen-bond donors (Lipinski definition) is 2. The van der Waals surface area contributed by atoms with Gasteiger partial charge in [-0.3, -0.25) is 4.79 Å². The van der Waals surface area contributed by atoms with E-state index in [1.807, 2.05) is 30.3 Å². The molecule has 0 bridgehead atoms. The number of carbonyl (C=O) groups excluding carboxylic acids is 2. The molecule has 2 aromatic carbocycles. The van der Waals surface area contributed by atoms with Crippen LogP contribution in [0.15, 0.2) is 48.5 Å². The number of nitrogens with one attached hydrogen (secondary N) is 2. The van der Waals surface area contributed by atoms with Gasteiger partial charge in [-0.2, -0.15) is 0 Å². The lowest BCUT2D eigenvalue weighted by Gasteiger charge is -2.17. The Labute approximate surface area is 155 Å². The van der Waals surface area contributed by atoms with Crippen molar-refractivity contribution in [3.05, 3.63) is 64.1 Å². The summed E-state index contributed by atoms with van der Waals surface area (Å²) in [5.41, 5.74) is 1.49. The van der Waals surface area contributed by atoms with Gasteiger partial charge in [0.05, 0.1) is 16.8 Å². The average molecular weight is 378 g/mol. The van der Waals surface area contributed by atoms with Gasteiger partial charge in [0.1, 0.15) is 0 Å². The molecular weight excluding hydrogens is 361 g/mol. The first kappa shape index (κ1) is 17.6. The number of hydrogen-bond acceptors (Lipinski definition) is 2. The van der Waals surface area contributed by atoms with Crippen molar-refractivity contribution in [1.29, 1.82) is 0 Å². The van der Waals surface area contributed by atoms with Crippen molar-refractivity contribution in [1.82, 2.24) is 10.2 Å². The van der Waals surface area contributed by atoms with Gasteiger partial charge in [-0.15, -0.1) is 0 Å². The molecule has 25 heavy (non-hydrogen) atoms. The molecule has 0 spiro atoms. The zero-order chi connectivity index (χ0) is 17.8. The molecule has 2 N–H and O–H groups in total. The molecule has 0 saturated carbocycles. The molecule has 5 nitrogen and oxygen atoms in total. The minimum atomic E-state index is -0.413. The highest BCUT2D eigenvalue weighted by Gasteiger charge is 2.30. The first-order valence-corrected chi connectivity index (χ1v) is 8.61. The predicted molar refractivity (Wildman–Crippen MR) is 98.9 cm³/mol. The van der Waals surface area contributed by atoms with Crippen LogP contribution in [0.4, 0.5) is 10.5 Å². The van der Waals surface area contributed by atoms with Crippen LogP contribution in [0, 0.1) is 0 Å². The van der Waals surface area contributed by atoms with Gasteiger partial charge in [0.15, 0.2) is 0 Å². The zero-order valence-electron chi connectivity index (χ0n) is 13.3. The third-order valence-corrected chi connectivity index (χ3v) is 4.51. The topological polar surface area (TPSA) is 61.4 Å². The van der Waals surface area contributed by atoms with Crippen LogP contribution in [0.5, 0.6) is 0 Å². The zero-order valence-corrected chi connectivity index (χ0v) is 14.8. The first-order valence-electron chi connectivity index (χ1n) is 7.85. The van der Waals surface area contributed by atoms with Crippen molar-refractivity contribution in [2.24, 2.45) is 0 Å². The highest BCUT2D eigenvalue weighted by Crippen LogP contribution is 2.25. The quantitative estimate of drug-likeness (QED) is 0.847. The van der Waals surface area contributed by atoms with Crippen molar-refractivity contribution >= 4 is 40.8 Å². The molecule has 0 aliphatic carbocycles. The van der Waals surface area contributed by atoms with Crippen LogP contribution in [-0.2, 0) is 11.3 Å². The maximum Gasteiger partial charge on any atom is 0.319 e. The van der Waals surface area contributed by atoms with Crippen molar-refractivity contribution in [2.75, 3.05) is 11.9 Å². The minimum absolute atomic E-state index is 0.0231. The van der Waals surface area contributed by atoms with Crippen LogP contribution >= 0.6 is 23.2 Å². The Morgan fingerprint density at radius 1 is 1.16 bits per heavy atom. The number of amides is 3. The predicted octanol–water partition coefficient (Wildman–Crippen LogP) is 3.92. The lowest BCUT2D eigenvalue weighted by atomic mass is 10.2. The first-order chi connectivity index (χ1) is 12.0. The molecule has 3 rings (SSSR count).